The van der Waals surface area contributed by atoms with E-state index in [0.717, 1.165) is 81.9 Å². The lowest BCUT2D eigenvalue weighted by molar-refractivity contribution is 0.668. The highest BCUT2D eigenvalue weighted by Crippen LogP contribution is 2.38. The summed E-state index contributed by atoms with van der Waals surface area (Å²) in [5.74, 6) is 0. The van der Waals surface area contributed by atoms with Crippen LogP contribution in [0.25, 0.3) is 92.2 Å². The summed E-state index contributed by atoms with van der Waals surface area (Å²) in [6.07, 6.45) is 0. The Kier molecular flexibility index (Phi) is 4.68. The van der Waals surface area contributed by atoms with Crippen LogP contribution in [-0.2, 0) is 0 Å². The average molecular weight is 585 g/mol. The number of rotatable bonds is 2. The van der Waals surface area contributed by atoms with Crippen molar-refractivity contribution in [3.8, 4) is 22.3 Å². The van der Waals surface area contributed by atoms with Crippen LogP contribution >= 0.6 is 11.3 Å². The maximum Gasteiger partial charge on any atom is 0.266 e. The standard InChI is InChI=1S/C38H20N2O3S/c41-37-27-15-12-22(21-14-17-33-28(18-21)25-6-1-3-9-31(25)42-33)20-35(27)44-38-39-29-16-13-23(19-30(29)40(37)38)24-8-5-11-34-36(24)26-7-2-4-10-32(26)43-34/h1-20H. The van der Waals surface area contributed by atoms with E-state index in [1.54, 1.807) is 4.40 Å². The van der Waals surface area contributed by atoms with Crippen LogP contribution in [-0.4, -0.2) is 9.38 Å². The van der Waals surface area contributed by atoms with Crippen molar-refractivity contribution in [3.05, 3.63) is 132 Å². The zero-order valence-corrected chi connectivity index (χ0v) is 23.9. The Morgan fingerprint density at radius 1 is 0.568 bits per heavy atom. The lowest BCUT2D eigenvalue weighted by Crippen LogP contribution is -2.11. The molecule has 0 radical (unpaired) electrons. The van der Waals surface area contributed by atoms with Gasteiger partial charge in [0.15, 0.2) is 4.96 Å². The van der Waals surface area contributed by atoms with Crippen molar-refractivity contribution in [3.63, 3.8) is 0 Å². The molecule has 44 heavy (non-hydrogen) atoms. The molecule has 4 heterocycles. The van der Waals surface area contributed by atoms with Gasteiger partial charge < -0.3 is 8.83 Å². The monoisotopic (exact) mass is 584 g/mol. The Hall–Kier alpha value is -5.72. The summed E-state index contributed by atoms with van der Waals surface area (Å²) in [6, 6.07) is 40.8. The molecule has 0 unspecified atom stereocenters. The van der Waals surface area contributed by atoms with Crippen molar-refractivity contribution < 1.29 is 8.83 Å². The van der Waals surface area contributed by atoms with E-state index in [-0.39, 0.29) is 5.56 Å². The highest BCUT2D eigenvalue weighted by Gasteiger charge is 2.17. The van der Waals surface area contributed by atoms with E-state index in [9.17, 15) is 4.79 Å². The van der Waals surface area contributed by atoms with E-state index >= 15 is 0 Å². The van der Waals surface area contributed by atoms with E-state index in [0.29, 0.717) is 10.3 Å². The molecule has 206 valence electrons. The van der Waals surface area contributed by atoms with Crippen molar-refractivity contribution in [2.75, 3.05) is 0 Å². The molecule has 0 N–H and O–H groups in total. The van der Waals surface area contributed by atoms with Crippen LogP contribution in [0.1, 0.15) is 0 Å². The molecular formula is C38H20N2O3S. The Morgan fingerprint density at radius 3 is 2.18 bits per heavy atom. The van der Waals surface area contributed by atoms with Gasteiger partial charge in [0.1, 0.15) is 22.3 Å². The van der Waals surface area contributed by atoms with Gasteiger partial charge in [-0.25, -0.2) is 9.38 Å². The summed E-state index contributed by atoms with van der Waals surface area (Å²) < 4.78 is 14.8. The van der Waals surface area contributed by atoms with Crippen LogP contribution in [0.4, 0.5) is 0 Å². The molecule has 5 nitrogen and oxygen atoms in total. The number of hydrogen-bond donors (Lipinski definition) is 0. The largest absolute Gasteiger partial charge is 0.456 e. The predicted molar refractivity (Wildman–Crippen MR) is 180 cm³/mol. The van der Waals surface area contributed by atoms with Crippen LogP contribution in [0.15, 0.2) is 135 Å². The van der Waals surface area contributed by atoms with Gasteiger partial charge in [-0.3, -0.25) is 4.79 Å². The second-order valence-corrected chi connectivity index (χ2v) is 12.1. The topological polar surface area (TPSA) is 60.7 Å². The molecule has 10 aromatic rings. The summed E-state index contributed by atoms with van der Waals surface area (Å²) in [5.41, 5.74) is 9.16. The number of imidazole rings is 1. The van der Waals surface area contributed by atoms with Crippen molar-refractivity contribution in [2.45, 2.75) is 0 Å². The zero-order chi connectivity index (χ0) is 28.9. The molecule has 0 fully saturated rings. The van der Waals surface area contributed by atoms with Crippen LogP contribution in [0, 0.1) is 0 Å². The first kappa shape index (κ1) is 23.8. The highest BCUT2D eigenvalue weighted by atomic mass is 32.1. The minimum Gasteiger partial charge on any atom is -0.456 e. The molecule has 0 aliphatic carbocycles. The molecule has 0 saturated carbocycles. The van der Waals surface area contributed by atoms with Crippen molar-refractivity contribution in [2.24, 2.45) is 0 Å². The van der Waals surface area contributed by atoms with Crippen molar-refractivity contribution in [1.82, 2.24) is 9.38 Å². The summed E-state index contributed by atoms with van der Waals surface area (Å²) in [6.45, 7) is 0. The van der Waals surface area contributed by atoms with Gasteiger partial charge in [0.25, 0.3) is 5.56 Å². The number of furan rings is 2. The Morgan fingerprint density at radius 2 is 1.27 bits per heavy atom. The van der Waals surface area contributed by atoms with Crippen LogP contribution < -0.4 is 5.56 Å². The fourth-order valence-electron chi connectivity index (χ4n) is 6.59. The van der Waals surface area contributed by atoms with Crippen molar-refractivity contribution in [1.29, 1.82) is 0 Å². The number of hydrogen-bond acceptors (Lipinski definition) is 5. The quantitative estimate of drug-likeness (QED) is 0.203. The first-order chi connectivity index (χ1) is 21.7. The van der Waals surface area contributed by atoms with Crippen LogP contribution in [0.2, 0.25) is 0 Å². The zero-order valence-electron chi connectivity index (χ0n) is 23.1. The molecule has 0 atom stereocenters. The smallest absolute Gasteiger partial charge is 0.266 e. The van der Waals surface area contributed by atoms with E-state index in [4.69, 9.17) is 13.8 Å². The van der Waals surface area contributed by atoms with E-state index in [1.165, 1.54) is 11.3 Å². The Bertz CT molecular complexity index is 2870. The molecule has 4 aromatic heterocycles. The van der Waals surface area contributed by atoms with Gasteiger partial charge in [0, 0.05) is 26.2 Å². The summed E-state index contributed by atoms with van der Waals surface area (Å²) >= 11 is 1.53. The molecule has 0 saturated heterocycles. The second kappa shape index (κ2) is 8.66. The summed E-state index contributed by atoms with van der Waals surface area (Å²) in [5, 5.41) is 4.99. The number of fused-ring (bicyclic) bond motifs is 10. The lowest BCUT2D eigenvalue weighted by Gasteiger charge is -2.06. The number of benzene rings is 6. The van der Waals surface area contributed by atoms with Gasteiger partial charge in [0.05, 0.1) is 16.4 Å². The second-order valence-electron chi connectivity index (χ2n) is 11.1. The maximum absolute atomic E-state index is 14.0. The maximum atomic E-state index is 14.0. The number of aromatic nitrogens is 2. The van der Waals surface area contributed by atoms with Crippen molar-refractivity contribution >= 4 is 81.3 Å². The molecule has 0 spiro atoms. The molecule has 0 amide bonds. The molecule has 6 heteroatoms. The SMILES string of the molecule is O=c1c2ccc(-c3ccc4oc5ccccc5c4c3)cc2sc2nc3ccc(-c4cccc5oc6ccccc6c45)cc3n12. The first-order valence-corrected chi connectivity index (χ1v) is 15.2. The molecule has 0 aliphatic rings. The van der Waals surface area contributed by atoms with E-state index in [1.807, 2.05) is 72.8 Å². The van der Waals surface area contributed by atoms with Gasteiger partial charge in [0.2, 0.25) is 0 Å². The van der Waals surface area contributed by atoms with Gasteiger partial charge in [-0.2, -0.15) is 0 Å². The molecule has 10 rings (SSSR count). The third-order valence-electron chi connectivity index (χ3n) is 8.66. The molecule has 0 bridgehead atoms. The number of nitrogens with zero attached hydrogens (tertiary/aromatic N) is 2. The molecule has 6 aromatic carbocycles. The van der Waals surface area contributed by atoms with Crippen LogP contribution in [0.3, 0.4) is 0 Å². The molecular weight excluding hydrogens is 564 g/mol. The van der Waals surface area contributed by atoms with Gasteiger partial charge in [-0.1, -0.05) is 78.1 Å². The minimum atomic E-state index is -0.0665. The van der Waals surface area contributed by atoms with E-state index < -0.39 is 0 Å². The minimum absolute atomic E-state index is 0.0665. The predicted octanol–water partition coefficient (Wildman–Crippen LogP) is 10.2. The average Bonchev–Trinajstić information content (AvgIpc) is 3.75. The fraction of sp³-hybridized carbons (Fsp3) is 0. The van der Waals surface area contributed by atoms with Gasteiger partial charge in [-0.15, -0.1) is 0 Å². The van der Waals surface area contributed by atoms with Crippen LogP contribution in [0.5, 0.6) is 0 Å². The Labute approximate surface area is 252 Å². The summed E-state index contributed by atoms with van der Waals surface area (Å²) in [7, 11) is 0. The number of para-hydroxylation sites is 2. The normalized spacial score (nSPS) is 12.2. The third-order valence-corrected chi connectivity index (χ3v) is 9.68. The third kappa shape index (κ3) is 3.28. The molecule has 0 aliphatic heterocycles. The fourth-order valence-corrected chi connectivity index (χ4v) is 7.65. The highest BCUT2D eigenvalue weighted by molar-refractivity contribution is 7.23. The lowest BCUT2D eigenvalue weighted by atomic mass is 9.99. The Balaban J connectivity index is 1.15. The van der Waals surface area contributed by atoms with Gasteiger partial charge >= 0.3 is 0 Å². The van der Waals surface area contributed by atoms with Gasteiger partial charge in [-0.05, 0) is 76.9 Å². The summed E-state index contributed by atoms with van der Waals surface area (Å²) in [4.78, 5) is 19.6. The first-order valence-electron chi connectivity index (χ1n) is 14.4. The van der Waals surface area contributed by atoms with E-state index in [2.05, 4.69) is 48.5 Å².